The number of carboxylic acid groups (broad SMARTS) is 1. The average molecular weight is 257 g/mol. The highest BCUT2D eigenvalue weighted by atomic mass is 16.4. The Morgan fingerprint density at radius 1 is 0.947 bits per heavy atom. The maximum Gasteiger partial charge on any atom is 0.336 e. The molecule has 0 atom stereocenters. The Balaban J connectivity index is 2.00. The monoisotopic (exact) mass is 257 g/mol. The zero-order chi connectivity index (χ0) is 13.7. The standard InChI is InChI=1S/C15H15NO3/c17-14-8-4-2-6-12(14)10-16-9-11-5-1-3-7-13(11)15(18)19/h1-8,16-17H,9-10H2,(H,18,19). The molecule has 2 aromatic rings. The summed E-state index contributed by atoms with van der Waals surface area (Å²) in [6.45, 7) is 0.928. The summed E-state index contributed by atoms with van der Waals surface area (Å²) in [4.78, 5) is 11.0. The molecule has 0 aromatic heterocycles. The van der Waals surface area contributed by atoms with E-state index in [9.17, 15) is 9.90 Å². The lowest BCUT2D eigenvalue weighted by atomic mass is 10.1. The van der Waals surface area contributed by atoms with Crippen LogP contribution in [0.25, 0.3) is 0 Å². The quantitative estimate of drug-likeness (QED) is 0.769. The fourth-order valence-corrected chi connectivity index (χ4v) is 1.88. The molecule has 0 bridgehead atoms. The number of nitrogens with one attached hydrogen (secondary N) is 1. The first kappa shape index (κ1) is 13.1. The van der Waals surface area contributed by atoms with Gasteiger partial charge in [0.15, 0.2) is 0 Å². The molecule has 4 heteroatoms. The van der Waals surface area contributed by atoms with Gasteiger partial charge in [-0.1, -0.05) is 36.4 Å². The van der Waals surface area contributed by atoms with E-state index in [2.05, 4.69) is 5.32 Å². The first-order valence-electron chi connectivity index (χ1n) is 5.97. The first-order valence-corrected chi connectivity index (χ1v) is 5.97. The Labute approximate surface area is 111 Å². The van der Waals surface area contributed by atoms with Gasteiger partial charge in [-0.15, -0.1) is 0 Å². The number of rotatable bonds is 5. The number of hydrogen-bond acceptors (Lipinski definition) is 3. The lowest BCUT2D eigenvalue weighted by Crippen LogP contribution is -2.15. The summed E-state index contributed by atoms with van der Waals surface area (Å²) in [6.07, 6.45) is 0. The van der Waals surface area contributed by atoms with Crippen LogP contribution in [0.5, 0.6) is 5.75 Å². The summed E-state index contributed by atoms with van der Waals surface area (Å²) in [6, 6.07) is 13.9. The molecule has 98 valence electrons. The molecule has 0 unspecified atom stereocenters. The number of aromatic carboxylic acids is 1. The summed E-state index contributed by atoms with van der Waals surface area (Å²) in [7, 11) is 0. The fourth-order valence-electron chi connectivity index (χ4n) is 1.88. The maximum atomic E-state index is 11.0. The molecule has 19 heavy (non-hydrogen) atoms. The Morgan fingerprint density at radius 2 is 1.53 bits per heavy atom. The molecule has 4 nitrogen and oxygen atoms in total. The molecule has 0 heterocycles. The molecule has 0 amide bonds. The van der Waals surface area contributed by atoms with Crippen LogP contribution in [-0.2, 0) is 13.1 Å². The van der Waals surface area contributed by atoms with E-state index in [0.29, 0.717) is 18.7 Å². The smallest absolute Gasteiger partial charge is 0.336 e. The first-order chi connectivity index (χ1) is 9.18. The van der Waals surface area contributed by atoms with Crippen LogP contribution in [0.3, 0.4) is 0 Å². The summed E-state index contributed by atoms with van der Waals surface area (Å²) < 4.78 is 0. The fraction of sp³-hybridized carbons (Fsp3) is 0.133. The molecule has 0 radical (unpaired) electrons. The third-order valence-electron chi connectivity index (χ3n) is 2.87. The van der Waals surface area contributed by atoms with E-state index >= 15 is 0 Å². The van der Waals surface area contributed by atoms with E-state index in [1.807, 2.05) is 18.2 Å². The highest BCUT2D eigenvalue weighted by Gasteiger charge is 2.08. The summed E-state index contributed by atoms with van der Waals surface area (Å²) >= 11 is 0. The second-order valence-corrected chi connectivity index (χ2v) is 4.19. The molecule has 0 spiro atoms. The van der Waals surface area contributed by atoms with Crippen LogP contribution in [0.1, 0.15) is 21.5 Å². The molecule has 0 aliphatic rings. The van der Waals surface area contributed by atoms with Gasteiger partial charge in [0.25, 0.3) is 0 Å². The van der Waals surface area contributed by atoms with Gasteiger partial charge < -0.3 is 15.5 Å². The molecule has 2 aromatic carbocycles. The molecule has 0 aliphatic carbocycles. The van der Waals surface area contributed by atoms with Gasteiger partial charge in [0.2, 0.25) is 0 Å². The Morgan fingerprint density at radius 3 is 2.21 bits per heavy atom. The van der Waals surface area contributed by atoms with Crippen molar-refractivity contribution in [3.05, 3.63) is 65.2 Å². The highest BCUT2D eigenvalue weighted by Crippen LogP contribution is 2.15. The van der Waals surface area contributed by atoms with Crippen molar-refractivity contribution >= 4 is 5.97 Å². The number of para-hydroxylation sites is 1. The molecule has 0 aliphatic heterocycles. The normalized spacial score (nSPS) is 10.3. The third kappa shape index (κ3) is 3.33. The van der Waals surface area contributed by atoms with E-state index in [4.69, 9.17) is 5.11 Å². The molecule has 3 N–H and O–H groups in total. The van der Waals surface area contributed by atoms with E-state index in [1.54, 1.807) is 30.3 Å². The zero-order valence-electron chi connectivity index (χ0n) is 10.3. The van der Waals surface area contributed by atoms with Gasteiger partial charge in [-0.2, -0.15) is 0 Å². The molecule has 0 saturated heterocycles. The van der Waals surface area contributed by atoms with Gasteiger partial charge >= 0.3 is 5.97 Å². The topological polar surface area (TPSA) is 69.6 Å². The number of phenols is 1. The van der Waals surface area contributed by atoms with Crippen LogP contribution in [0.4, 0.5) is 0 Å². The van der Waals surface area contributed by atoms with Crippen molar-refractivity contribution in [2.45, 2.75) is 13.1 Å². The minimum absolute atomic E-state index is 0.238. The molecule has 0 saturated carbocycles. The van der Waals surface area contributed by atoms with Crippen molar-refractivity contribution in [3.63, 3.8) is 0 Å². The van der Waals surface area contributed by atoms with Gasteiger partial charge in [-0.3, -0.25) is 0 Å². The molecule has 0 fully saturated rings. The number of carboxylic acids is 1. The molecular formula is C15H15NO3. The van der Waals surface area contributed by atoms with Crippen molar-refractivity contribution in [3.8, 4) is 5.75 Å². The second-order valence-electron chi connectivity index (χ2n) is 4.19. The Hall–Kier alpha value is -2.33. The Bertz CT molecular complexity index is 581. The van der Waals surface area contributed by atoms with E-state index in [-0.39, 0.29) is 5.75 Å². The average Bonchev–Trinajstić information content (AvgIpc) is 2.41. The third-order valence-corrected chi connectivity index (χ3v) is 2.87. The predicted octanol–water partition coefficient (Wildman–Crippen LogP) is 2.38. The minimum Gasteiger partial charge on any atom is -0.508 e. The van der Waals surface area contributed by atoms with Crippen LogP contribution in [0.15, 0.2) is 48.5 Å². The van der Waals surface area contributed by atoms with Crippen molar-refractivity contribution in [1.29, 1.82) is 0 Å². The van der Waals surface area contributed by atoms with E-state index in [0.717, 1.165) is 11.1 Å². The largest absolute Gasteiger partial charge is 0.508 e. The van der Waals surface area contributed by atoms with E-state index < -0.39 is 5.97 Å². The second kappa shape index (κ2) is 6.02. The summed E-state index contributed by atoms with van der Waals surface area (Å²) in [5, 5.41) is 21.8. The predicted molar refractivity (Wildman–Crippen MR) is 72.1 cm³/mol. The van der Waals surface area contributed by atoms with Crippen molar-refractivity contribution in [2.75, 3.05) is 0 Å². The van der Waals surface area contributed by atoms with Crippen LogP contribution in [-0.4, -0.2) is 16.2 Å². The molecular weight excluding hydrogens is 242 g/mol. The van der Waals surface area contributed by atoms with Crippen LogP contribution < -0.4 is 5.32 Å². The van der Waals surface area contributed by atoms with E-state index in [1.165, 1.54) is 0 Å². The number of aromatic hydroxyl groups is 1. The summed E-state index contributed by atoms with van der Waals surface area (Å²) in [5.74, 6) is -0.693. The van der Waals surface area contributed by atoms with Crippen molar-refractivity contribution < 1.29 is 15.0 Å². The van der Waals surface area contributed by atoms with Crippen molar-refractivity contribution in [2.24, 2.45) is 0 Å². The van der Waals surface area contributed by atoms with Crippen LogP contribution in [0, 0.1) is 0 Å². The van der Waals surface area contributed by atoms with Gasteiger partial charge in [-0.25, -0.2) is 4.79 Å². The SMILES string of the molecule is O=C(O)c1ccccc1CNCc1ccccc1O. The van der Waals surface area contributed by atoms with Crippen LogP contribution >= 0.6 is 0 Å². The van der Waals surface area contributed by atoms with Gasteiger partial charge in [0.1, 0.15) is 5.75 Å². The maximum absolute atomic E-state index is 11.0. The number of benzene rings is 2. The summed E-state index contributed by atoms with van der Waals surface area (Å²) in [5.41, 5.74) is 1.81. The minimum atomic E-state index is -0.931. The highest BCUT2D eigenvalue weighted by molar-refractivity contribution is 5.89. The van der Waals surface area contributed by atoms with Gasteiger partial charge in [0.05, 0.1) is 5.56 Å². The number of hydrogen-bond donors (Lipinski definition) is 3. The van der Waals surface area contributed by atoms with Crippen LogP contribution in [0.2, 0.25) is 0 Å². The number of carbonyl (C=O) groups is 1. The lowest BCUT2D eigenvalue weighted by molar-refractivity contribution is 0.0695. The Kier molecular flexibility index (Phi) is 4.15. The number of phenolic OH excluding ortho intramolecular Hbond substituents is 1. The van der Waals surface area contributed by atoms with Gasteiger partial charge in [-0.05, 0) is 17.7 Å². The molecule has 2 rings (SSSR count). The lowest BCUT2D eigenvalue weighted by Gasteiger charge is -2.08. The van der Waals surface area contributed by atoms with Gasteiger partial charge in [0, 0.05) is 18.7 Å². The van der Waals surface area contributed by atoms with Crippen molar-refractivity contribution in [1.82, 2.24) is 5.32 Å². The zero-order valence-corrected chi connectivity index (χ0v) is 10.3.